The number of nitrogens with one attached hydrogen (secondary N) is 4. The van der Waals surface area contributed by atoms with Crippen molar-refractivity contribution in [2.45, 2.75) is 89.1 Å². The third kappa shape index (κ3) is 13.8. The minimum Gasteiger partial charge on any atom is -0.744 e. The van der Waals surface area contributed by atoms with E-state index in [1.165, 1.54) is 24.3 Å². The van der Waals surface area contributed by atoms with Crippen molar-refractivity contribution in [1.29, 1.82) is 0 Å². The van der Waals surface area contributed by atoms with Crippen LogP contribution in [0.2, 0.25) is 0 Å². The third-order valence-electron chi connectivity index (χ3n) is 12.6. The van der Waals surface area contributed by atoms with Gasteiger partial charge in [0.15, 0.2) is 24.8 Å². The van der Waals surface area contributed by atoms with Crippen molar-refractivity contribution in [3.05, 3.63) is 168 Å². The molecule has 2 heterocycles. The molecule has 16 nitrogen and oxygen atoms in total. The van der Waals surface area contributed by atoms with Gasteiger partial charge in [-0.3, -0.25) is 19.2 Å². The molecule has 0 aliphatic heterocycles. The molecule has 2 aromatic heterocycles. The van der Waals surface area contributed by atoms with Crippen LogP contribution in [0.4, 0.5) is 22.7 Å². The van der Waals surface area contributed by atoms with Gasteiger partial charge in [-0.2, -0.15) is 0 Å². The molecule has 3 aliphatic carbocycles. The summed E-state index contributed by atoms with van der Waals surface area (Å²) in [6.45, 7) is 9.32. The van der Waals surface area contributed by atoms with Crippen molar-refractivity contribution >= 4 is 66.6 Å². The molecule has 4 amide bonds. The lowest BCUT2D eigenvalue weighted by molar-refractivity contribution is -0.693. The summed E-state index contributed by atoms with van der Waals surface area (Å²) in [6, 6.07) is 32.9. The summed E-state index contributed by atoms with van der Waals surface area (Å²) >= 11 is 0. The van der Waals surface area contributed by atoms with Crippen LogP contribution in [0.25, 0.3) is 0 Å². The van der Waals surface area contributed by atoms with E-state index in [-0.39, 0.29) is 33.4 Å². The predicted molar refractivity (Wildman–Crippen MR) is 262 cm³/mol. The second-order valence-corrected chi connectivity index (χ2v) is 20.2. The fraction of sp³-hybridized carbons (Fsp3) is 0.269. The Balaban J connectivity index is 0.000000298. The minimum atomic E-state index is -4.27. The number of benzene rings is 4. The molecule has 70 heavy (non-hydrogen) atoms. The average molecular weight is 989 g/mol. The monoisotopic (exact) mass is 988 g/mol. The minimum absolute atomic E-state index is 0.0318. The number of anilines is 4. The number of aromatic nitrogens is 2. The molecule has 0 saturated heterocycles. The molecule has 3 saturated carbocycles. The van der Waals surface area contributed by atoms with E-state index in [9.17, 15) is 45.1 Å². The Labute approximate surface area is 408 Å². The number of nitrogens with zero attached hydrogens (tertiary/aromatic N) is 2. The second-order valence-electron chi connectivity index (χ2n) is 17.4. The van der Waals surface area contributed by atoms with Crippen LogP contribution in [0.1, 0.15) is 84.2 Å². The Kier molecular flexibility index (Phi) is 16.8. The molecule has 0 atom stereocenters. The highest BCUT2D eigenvalue weighted by Crippen LogP contribution is 2.57. The molecule has 0 unspecified atom stereocenters. The summed E-state index contributed by atoms with van der Waals surface area (Å²) in [5.41, 5.74) is 4.54. The third-order valence-corrected chi connectivity index (χ3v) is 14.3. The van der Waals surface area contributed by atoms with Crippen molar-refractivity contribution in [2.75, 3.05) is 21.3 Å². The summed E-state index contributed by atoms with van der Waals surface area (Å²) in [6.07, 6.45) is 11.5. The summed E-state index contributed by atoms with van der Waals surface area (Å²) < 4.78 is 66.3. The largest absolute Gasteiger partial charge is 0.744 e. The highest BCUT2D eigenvalue weighted by atomic mass is 32.2. The topological polar surface area (TPSA) is 239 Å². The first-order valence-corrected chi connectivity index (χ1v) is 25.5. The smallest absolute Gasteiger partial charge is 0.255 e. The van der Waals surface area contributed by atoms with Gasteiger partial charge >= 0.3 is 0 Å². The summed E-state index contributed by atoms with van der Waals surface area (Å²) in [4.78, 5) is 52.2. The van der Waals surface area contributed by atoms with E-state index < -0.39 is 31.1 Å². The van der Waals surface area contributed by atoms with Gasteiger partial charge in [-0.05, 0) is 151 Å². The van der Waals surface area contributed by atoms with Crippen LogP contribution >= 0.6 is 0 Å². The van der Waals surface area contributed by atoms with E-state index in [0.29, 0.717) is 72.4 Å². The number of carbonyl (C=O) groups is 4. The molecule has 2 bridgehead atoms. The number of amides is 4. The number of hydrogen-bond donors (Lipinski definition) is 4. The van der Waals surface area contributed by atoms with E-state index in [1.54, 1.807) is 72.8 Å². The number of carbonyl (C=O) groups excluding carboxylic acids is 4. The standard InChI is InChI=1S/C38H40N6O4.2C7H8O3S/c1-3-43-23-5-7-31(25-43)39-33(45)27-9-13-29(14-10-27)41-35(47)37-17-20-38(21-18-37,22-19-37)36(48)42-30-15-11-28(12-16-30)34(46)40-32-8-6-24-44(4-2)26-32;2*1-6-2-4-7(5-3-6)11(8,9)10/h5-16,23-26H,3-4,17-22H2,1-2H3,(H2-2,39,40,41,42,45,46,47,48);2*2-5H,1H3,(H,8,9,10). The van der Waals surface area contributed by atoms with Crippen molar-refractivity contribution in [3.63, 3.8) is 0 Å². The Morgan fingerprint density at radius 1 is 0.471 bits per heavy atom. The van der Waals surface area contributed by atoms with Crippen molar-refractivity contribution in [2.24, 2.45) is 10.8 Å². The lowest BCUT2D eigenvalue weighted by Gasteiger charge is -2.51. The van der Waals surface area contributed by atoms with Gasteiger partial charge in [0.05, 0.1) is 9.79 Å². The first-order valence-electron chi connectivity index (χ1n) is 22.7. The maximum atomic E-state index is 13.5. The molecule has 18 heteroatoms. The van der Waals surface area contributed by atoms with Crippen LogP contribution < -0.4 is 30.4 Å². The molecule has 6 aromatic rings. The Morgan fingerprint density at radius 3 is 1.07 bits per heavy atom. The van der Waals surface area contributed by atoms with Crippen molar-refractivity contribution < 1.29 is 54.3 Å². The van der Waals surface area contributed by atoms with Gasteiger partial charge in [-0.25, -0.2) is 26.0 Å². The quantitative estimate of drug-likeness (QED) is 0.0695. The number of pyridine rings is 2. The van der Waals surface area contributed by atoms with Gasteiger partial charge in [0.25, 0.3) is 11.8 Å². The van der Waals surface area contributed by atoms with Crippen LogP contribution in [0.3, 0.4) is 0 Å². The molecule has 0 radical (unpaired) electrons. The van der Waals surface area contributed by atoms with Crippen molar-refractivity contribution in [3.8, 4) is 0 Å². The Bertz CT molecular complexity index is 2820. The first kappa shape index (κ1) is 52.3. The highest BCUT2D eigenvalue weighted by molar-refractivity contribution is 7.86. The highest BCUT2D eigenvalue weighted by Gasteiger charge is 2.55. The molecule has 3 fully saturated rings. The van der Waals surface area contributed by atoms with Gasteiger partial charge in [0.1, 0.15) is 44.7 Å². The molecule has 4 aromatic carbocycles. The van der Waals surface area contributed by atoms with Crippen molar-refractivity contribution in [1.82, 2.24) is 0 Å². The molecule has 0 spiro atoms. The molecule has 4 N–H and O–H groups in total. The first-order chi connectivity index (χ1) is 33.2. The normalized spacial score (nSPS) is 17.1. The SMILES string of the molecule is CC[n+]1cccc(NC(=O)c2ccc(NC(=O)C34CCC(C(=O)Nc5ccc(C(=O)Nc6ccc[n+](CC)c6)cc5)(CC3)CC4)cc2)c1.Cc1ccc(S(=O)(=O)[O-])cc1.Cc1ccc(S(=O)(=O)[O-])cc1. The summed E-state index contributed by atoms with van der Waals surface area (Å²) in [5.74, 6) is -0.501. The lowest BCUT2D eigenvalue weighted by atomic mass is 9.53. The number of hydrogen-bond acceptors (Lipinski definition) is 10. The summed E-state index contributed by atoms with van der Waals surface area (Å²) in [7, 11) is -8.54. The molecular formula is C52H56N6O10S2. The van der Waals surface area contributed by atoms with E-state index in [4.69, 9.17) is 0 Å². The maximum absolute atomic E-state index is 13.5. The number of fused-ring (bicyclic) bond motifs is 3. The maximum Gasteiger partial charge on any atom is 0.255 e. The van der Waals surface area contributed by atoms with Gasteiger partial charge in [0.2, 0.25) is 11.8 Å². The van der Waals surface area contributed by atoms with Crippen LogP contribution in [-0.2, 0) is 42.9 Å². The van der Waals surface area contributed by atoms with Gasteiger partial charge in [-0.1, -0.05) is 35.4 Å². The van der Waals surface area contributed by atoms with Crippen LogP contribution in [0.15, 0.2) is 156 Å². The fourth-order valence-electron chi connectivity index (χ4n) is 8.21. The predicted octanol–water partition coefficient (Wildman–Crippen LogP) is 7.52. The van der Waals surface area contributed by atoms with E-state index in [1.807, 2.05) is 85.9 Å². The van der Waals surface area contributed by atoms with E-state index >= 15 is 0 Å². The molecular weight excluding hydrogens is 933 g/mol. The van der Waals surface area contributed by atoms with Gasteiger partial charge in [-0.15, -0.1) is 0 Å². The number of rotatable bonds is 12. The number of aryl methyl sites for hydroxylation is 4. The fourth-order valence-corrected chi connectivity index (χ4v) is 9.14. The van der Waals surface area contributed by atoms with Gasteiger partial charge in [0, 0.05) is 45.5 Å². The molecule has 366 valence electrons. The van der Waals surface area contributed by atoms with Gasteiger partial charge < -0.3 is 30.4 Å². The van der Waals surface area contributed by atoms with Crippen LogP contribution in [0, 0.1) is 24.7 Å². The van der Waals surface area contributed by atoms with Crippen LogP contribution in [0.5, 0.6) is 0 Å². The zero-order valence-electron chi connectivity index (χ0n) is 39.3. The summed E-state index contributed by atoms with van der Waals surface area (Å²) in [5, 5.41) is 12.0. The zero-order chi connectivity index (χ0) is 50.7. The Morgan fingerprint density at radius 2 is 0.786 bits per heavy atom. The van der Waals surface area contributed by atoms with Crippen LogP contribution in [-0.4, -0.2) is 49.6 Å². The Hall–Kier alpha value is -7.12. The van der Waals surface area contributed by atoms with E-state index in [2.05, 4.69) is 21.3 Å². The second kappa shape index (κ2) is 22.5. The average Bonchev–Trinajstić information content (AvgIpc) is 3.35. The van der Waals surface area contributed by atoms with E-state index in [0.717, 1.165) is 24.2 Å². The molecule has 3 aliphatic rings. The lowest BCUT2D eigenvalue weighted by Crippen LogP contribution is -2.52. The zero-order valence-corrected chi connectivity index (χ0v) is 40.9. The molecule has 9 rings (SSSR count).